The van der Waals surface area contributed by atoms with Crippen LogP contribution in [0.4, 0.5) is 17.3 Å². The molecular formula is C17H24N6O2. The van der Waals surface area contributed by atoms with E-state index in [-0.39, 0.29) is 6.29 Å². The summed E-state index contributed by atoms with van der Waals surface area (Å²) >= 11 is 0. The minimum atomic E-state index is -0.379. The highest BCUT2D eigenvalue weighted by atomic mass is 16.5. The summed E-state index contributed by atoms with van der Waals surface area (Å²) in [6, 6.07) is 10.4. The molecule has 1 unspecified atom stereocenters. The number of anilines is 3. The Bertz CT molecular complexity index is 697. The number of rotatable bonds is 8. The molecule has 8 nitrogen and oxygen atoms in total. The second-order valence-corrected chi connectivity index (χ2v) is 5.63. The molecule has 2 heterocycles. The van der Waals surface area contributed by atoms with E-state index in [9.17, 15) is 0 Å². The second-order valence-electron chi connectivity index (χ2n) is 5.63. The van der Waals surface area contributed by atoms with Gasteiger partial charge in [0.05, 0.1) is 6.61 Å². The van der Waals surface area contributed by atoms with Crippen LogP contribution >= 0.6 is 0 Å². The van der Waals surface area contributed by atoms with Crippen LogP contribution in [0.3, 0.4) is 0 Å². The minimum Gasteiger partial charge on any atom is -0.461 e. The van der Waals surface area contributed by atoms with Gasteiger partial charge in [-0.1, -0.05) is 30.3 Å². The number of aromatic nitrogens is 2. The summed E-state index contributed by atoms with van der Waals surface area (Å²) in [5.41, 5.74) is 8.22. The first-order valence-corrected chi connectivity index (χ1v) is 8.33. The summed E-state index contributed by atoms with van der Waals surface area (Å²) in [5, 5.41) is 6.49. The highest BCUT2D eigenvalue weighted by Crippen LogP contribution is 2.38. The van der Waals surface area contributed by atoms with Gasteiger partial charge in [-0.15, -0.1) is 0 Å². The first-order chi connectivity index (χ1) is 12.2. The summed E-state index contributed by atoms with van der Waals surface area (Å²) in [6.45, 7) is 4.25. The molecule has 0 spiro atoms. The zero-order valence-corrected chi connectivity index (χ0v) is 14.5. The molecule has 1 aliphatic rings. The number of benzene rings is 1. The molecule has 1 aliphatic heterocycles. The highest BCUT2D eigenvalue weighted by Gasteiger charge is 2.31. The smallest absolute Gasteiger partial charge is 0.320 e. The summed E-state index contributed by atoms with van der Waals surface area (Å²) in [6.07, 6.45) is -0.379. The molecule has 0 amide bonds. The first kappa shape index (κ1) is 17.2. The average Bonchev–Trinajstić information content (AvgIpc) is 2.93. The molecule has 3 rings (SSSR count). The van der Waals surface area contributed by atoms with Crippen LogP contribution in [0.15, 0.2) is 30.3 Å². The van der Waals surface area contributed by atoms with Gasteiger partial charge in [0.25, 0.3) is 0 Å². The van der Waals surface area contributed by atoms with Crippen LogP contribution in [0.5, 0.6) is 6.01 Å². The van der Waals surface area contributed by atoms with Gasteiger partial charge in [-0.25, -0.2) is 0 Å². The minimum absolute atomic E-state index is 0.306. The van der Waals surface area contributed by atoms with Crippen molar-refractivity contribution in [3.05, 3.63) is 35.9 Å². The van der Waals surface area contributed by atoms with Crippen molar-refractivity contribution in [1.29, 1.82) is 0 Å². The van der Waals surface area contributed by atoms with Crippen LogP contribution < -0.4 is 26.0 Å². The molecule has 0 saturated carbocycles. The van der Waals surface area contributed by atoms with E-state index in [2.05, 4.69) is 32.7 Å². The molecule has 0 bridgehead atoms. The van der Waals surface area contributed by atoms with E-state index in [1.54, 1.807) is 7.11 Å². The molecule has 25 heavy (non-hydrogen) atoms. The lowest BCUT2D eigenvalue weighted by Crippen LogP contribution is -2.42. The van der Waals surface area contributed by atoms with Crippen molar-refractivity contribution >= 4 is 17.3 Å². The fourth-order valence-corrected chi connectivity index (χ4v) is 2.66. The van der Waals surface area contributed by atoms with Crippen LogP contribution in [0, 0.1) is 0 Å². The molecule has 0 aliphatic carbocycles. The quantitative estimate of drug-likeness (QED) is 0.622. The van der Waals surface area contributed by atoms with E-state index < -0.39 is 0 Å². The van der Waals surface area contributed by atoms with Crippen LogP contribution in [0.2, 0.25) is 0 Å². The number of hydrogen-bond acceptors (Lipinski definition) is 8. The van der Waals surface area contributed by atoms with Gasteiger partial charge in [-0.2, -0.15) is 9.97 Å². The summed E-state index contributed by atoms with van der Waals surface area (Å²) in [4.78, 5) is 11.0. The van der Waals surface area contributed by atoms with Crippen molar-refractivity contribution in [1.82, 2.24) is 9.97 Å². The molecular weight excluding hydrogens is 320 g/mol. The van der Waals surface area contributed by atoms with Gasteiger partial charge in [0.1, 0.15) is 12.3 Å². The Hall–Kier alpha value is -2.58. The number of nitrogens with two attached hydrogens (primary N) is 1. The van der Waals surface area contributed by atoms with Gasteiger partial charge >= 0.3 is 6.01 Å². The highest BCUT2D eigenvalue weighted by molar-refractivity contribution is 5.82. The van der Waals surface area contributed by atoms with E-state index in [4.69, 9.17) is 15.2 Å². The summed E-state index contributed by atoms with van der Waals surface area (Å²) in [7, 11) is 1.63. The molecule has 1 aromatic heterocycles. The molecule has 2 aromatic rings. The van der Waals surface area contributed by atoms with E-state index in [0.717, 1.165) is 23.6 Å². The molecule has 1 atom stereocenters. The topological polar surface area (TPSA) is 97.6 Å². The molecule has 1 aromatic carbocycles. The van der Waals surface area contributed by atoms with Gasteiger partial charge < -0.3 is 25.0 Å². The van der Waals surface area contributed by atoms with Gasteiger partial charge in [0.15, 0.2) is 17.9 Å². The van der Waals surface area contributed by atoms with Crippen molar-refractivity contribution in [2.75, 3.05) is 42.4 Å². The Kier molecular flexibility index (Phi) is 5.52. The van der Waals surface area contributed by atoms with Gasteiger partial charge in [-0.05, 0) is 12.5 Å². The van der Waals surface area contributed by atoms with Crippen molar-refractivity contribution < 1.29 is 9.47 Å². The fraction of sp³-hybridized carbons (Fsp3) is 0.412. The maximum Gasteiger partial charge on any atom is 0.320 e. The first-order valence-electron chi connectivity index (χ1n) is 8.33. The zero-order chi connectivity index (χ0) is 17.6. The SMILES string of the molecule is CCNc1nc(OCCOC)nc2c1NC(N)N2Cc1ccccc1. The maximum absolute atomic E-state index is 6.27. The number of hydrogen-bond donors (Lipinski definition) is 3. The Morgan fingerprint density at radius 1 is 1.24 bits per heavy atom. The third-order valence-electron chi connectivity index (χ3n) is 3.83. The van der Waals surface area contributed by atoms with E-state index in [1.807, 2.05) is 30.0 Å². The predicted octanol–water partition coefficient (Wildman–Crippen LogP) is 1.61. The maximum atomic E-state index is 6.27. The number of fused-ring (bicyclic) bond motifs is 1. The largest absolute Gasteiger partial charge is 0.461 e. The lowest BCUT2D eigenvalue weighted by molar-refractivity contribution is 0.141. The standard InChI is InChI=1S/C17H24N6O2/c1-3-19-14-13-15(22-17(21-14)25-10-9-24-2)23(16(18)20-13)11-12-7-5-4-6-8-12/h4-8,16,20H,3,9-11,18H2,1-2H3,(H,19,21,22). The molecule has 0 saturated heterocycles. The Morgan fingerprint density at radius 3 is 2.76 bits per heavy atom. The molecule has 0 radical (unpaired) electrons. The van der Waals surface area contributed by atoms with Gasteiger partial charge in [0.2, 0.25) is 0 Å². The lowest BCUT2D eigenvalue weighted by atomic mass is 10.2. The number of ether oxygens (including phenoxy) is 2. The van der Waals surface area contributed by atoms with E-state index in [1.165, 1.54) is 0 Å². The van der Waals surface area contributed by atoms with E-state index >= 15 is 0 Å². The Balaban J connectivity index is 1.89. The van der Waals surface area contributed by atoms with Crippen molar-refractivity contribution in [2.24, 2.45) is 5.73 Å². The third-order valence-corrected chi connectivity index (χ3v) is 3.83. The van der Waals surface area contributed by atoms with Gasteiger partial charge in [0, 0.05) is 20.2 Å². The van der Waals surface area contributed by atoms with Crippen LogP contribution in [0.1, 0.15) is 12.5 Å². The van der Waals surface area contributed by atoms with Crippen LogP contribution in [-0.2, 0) is 11.3 Å². The third kappa shape index (κ3) is 3.92. The van der Waals surface area contributed by atoms with Crippen LogP contribution in [0.25, 0.3) is 0 Å². The monoisotopic (exact) mass is 344 g/mol. The van der Waals surface area contributed by atoms with Crippen molar-refractivity contribution in [3.63, 3.8) is 0 Å². The number of nitrogens with one attached hydrogen (secondary N) is 2. The fourth-order valence-electron chi connectivity index (χ4n) is 2.66. The van der Waals surface area contributed by atoms with Crippen LogP contribution in [-0.4, -0.2) is 43.1 Å². The Labute approximate surface area is 147 Å². The lowest BCUT2D eigenvalue weighted by Gasteiger charge is -2.22. The second kappa shape index (κ2) is 8.00. The average molecular weight is 344 g/mol. The molecule has 0 fully saturated rings. The molecule has 134 valence electrons. The normalized spacial score (nSPS) is 15.6. The number of nitrogens with zero attached hydrogens (tertiary/aromatic N) is 3. The number of methoxy groups -OCH3 is 1. The summed E-state index contributed by atoms with van der Waals surface area (Å²) in [5.74, 6) is 1.42. The van der Waals surface area contributed by atoms with Gasteiger partial charge in [-0.3, -0.25) is 5.73 Å². The Morgan fingerprint density at radius 2 is 2.04 bits per heavy atom. The zero-order valence-electron chi connectivity index (χ0n) is 14.5. The molecule has 8 heteroatoms. The molecule has 4 N–H and O–H groups in total. The van der Waals surface area contributed by atoms with Crippen molar-refractivity contribution in [2.45, 2.75) is 19.8 Å². The summed E-state index contributed by atoms with van der Waals surface area (Å²) < 4.78 is 10.6. The van der Waals surface area contributed by atoms with Crippen molar-refractivity contribution in [3.8, 4) is 6.01 Å². The van der Waals surface area contributed by atoms with E-state index in [0.29, 0.717) is 31.6 Å². The predicted molar refractivity (Wildman–Crippen MR) is 97.8 cm³/mol.